The van der Waals surface area contributed by atoms with Crippen molar-refractivity contribution in [3.05, 3.63) is 29.6 Å². The lowest BCUT2D eigenvalue weighted by Crippen LogP contribution is -2.25. The van der Waals surface area contributed by atoms with Crippen LogP contribution < -0.4 is 0 Å². The third-order valence-corrected chi connectivity index (χ3v) is 1.95. The van der Waals surface area contributed by atoms with Crippen LogP contribution in [-0.2, 0) is 20.7 Å². The molecule has 1 aromatic rings. The van der Waals surface area contributed by atoms with Crippen LogP contribution in [-0.4, -0.2) is 29.6 Å². The molecule has 0 bridgehead atoms. The van der Waals surface area contributed by atoms with Gasteiger partial charge in [0.25, 0.3) is 0 Å². The summed E-state index contributed by atoms with van der Waals surface area (Å²) in [6.45, 7) is 5.38. The molecule has 0 saturated heterocycles. The first kappa shape index (κ1) is 14.2. The average molecular weight is 251 g/mol. The number of esters is 2. The molecule has 0 aromatic carbocycles. The number of rotatable bonds is 3. The second-order valence-corrected chi connectivity index (χ2v) is 4.77. The van der Waals surface area contributed by atoms with Gasteiger partial charge in [0.15, 0.2) is 0 Å². The van der Waals surface area contributed by atoms with Gasteiger partial charge in [-0.05, 0) is 32.9 Å². The second kappa shape index (κ2) is 5.62. The number of hydrogen-bond acceptors (Lipinski definition) is 5. The zero-order chi connectivity index (χ0) is 13.8. The van der Waals surface area contributed by atoms with E-state index in [1.54, 1.807) is 32.9 Å². The summed E-state index contributed by atoms with van der Waals surface area (Å²) in [6.07, 6.45) is 0.0299. The van der Waals surface area contributed by atoms with E-state index in [1.807, 2.05) is 0 Å². The molecular formula is C13H17NO4. The summed E-state index contributed by atoms with van der Waals surface area (Å²) in [6, 6.07) is 4.85. The molecule has 0 aliphatic carbocycles. The molecule has 0 aliphatic rings. The Bertz CT molecular complexity index is 449. The SMILES string of the molecule is COC(=O)c1cccc(CC(=O)OC(C)(C)C)n1. The van der Waals surface area contributed by atoms with Crippen molar-refractivity contribution in [2.45, 2.75) is 32.8 Å². The molecule has 0 aliphatic heterocycles. The lowest BCUT2D eigenvalue weighted by atomic mass is 10.2. The molecule has 98 valence electrons. The zero-order valence-corrected chi connectivity index (χ0v) is 11.0. The van der Waals surface area contributed by atoms with Crippen LogP contribution >= 0.6 is 0 Å². The van der Waals surface area contributed by atoms with E-state index < -0.39 is 11.6 Å². The minimum atomic E-state index is -0.531. The highest BCUT2D eigenvalue weighted by molar-refractivity contribution is 5.87. The Labute approximate surface area is 106 Å². The first-order valence-electron chi connectivity index (χ1n) is 5.58. The van der Waals surface area contributed by atoms with Crippen molar-refractivity contribution in [1.29, 1.82) is 0 Å². The smallest absolute Gasteiger partial charge is 0.356 e. The zero-order valence-electron chi connectivity index (χ0n) is 11.0. The third-order valence-electron chi connectivity index (χ3n) is 1.95. The molecule has 1 rings (SSSR count). The van der Waals surface area contributed by atoms with Gasteiger partial charge in [-0.2, -0.15) is 0 Å². The van der Waals surface area contributed by atoms with Gasteiger partial charge in [0.2, 0.25) is 0 Å². The lowest BCUT2D eigenvalue weighted by Gasteiger charge is -2.19. The van der Waals surface area contributed by atoms with E-state index in [1.165, 1.54) is 13.2 Å². The van der Waals surface area contributed by atoms with Crippen molar-refractivity contribution >= 4 is 11.9 Å². The highest BCUT2D eigenvalue weighted by Gasteiger charge is 2.17. The van der Waals surface area contributed by atoms with E-state index in [9.17, 15) is 9.59 Å². The van der Waals surface area contributed by atoms with Crippen LogP contribution in [0.5, 0.6) is 0 Å². The molecule has 1 aromatic heterocycles. The predicted octanol–water partition coefficient (Wildman–Crippen LogP) is 1.75. The maximum Gasteiger partial charge on any atom is 0.356 e. The molecule has 0 amide bonds. The Hall–Kier alpha value is -1.91. The summed E-state index contributed by atoms with van der Waals surface area (Å²) >= 11 is 0. The molecule has 0 unspecified atom stereocenters. The first-order chi connectivity index (χ1) is 8.31. The Balaban J connectivity index is 2.74. The minimum absolute atomic E-state index is 0.0299. The fraction of sp³-hybridized carbons (Fsp3) is 0.462. The number of carbonyl (C=O) groups is 2. The van der Waals surface area contributed by atoms with E-state index >= 15 is 0 Å². The van der Waals surface area contributed by atoms with Crippen LogP contribution in [0.15, 0.2) is 18.2 Å². The molecule has 0 spiro atoms. The van der Waals surface area contributed by atoms with E-state index in [0.29, 0.717) is 5.69 Å². The number of nitrogens with zero attached hydrogens (tertiary/aromatic N) is 1. The Morgan fingerprint density at radius 2 is 1.94 bits per heavy atom. The van der Waals surface area contributed by atoms with E-state index in [-0.39, 0.29) is 18.1 Å². The lowest BCUT2D eigenvalue weighted by molar-refractivity contribution is -0.154. The van der Waals surface area contributed by atoms with E-state index in [0.717, 1.165) is 0 Å². The summed E-state index contributed by atoms with van der Waals surface area (Å²) in [4.78, 5) is 26.9. The van der Waals surface area contributed by atoms with E-state index in [4.69, 9.17) is 4.74 Å². The molecule has 0 N–H and O–H groups in total. The normalized spacial score (nSPS) is 10.9. The number of aromatic nitrogens is 1. The largest absolute Gasteiger partial charge is 0.464 e. The van der Waals surface area contributed by atoms with Crippen molar-refractivity contribution in [1.82, 2.24) is 4.98 Å². The number of carbonyl (C=O) groups excluding carboxylic acids is 2. The van der Waals surface area contributed by atoms with Gasteiger partial charge >= 0.3 is 11.9 Å². The van der Waals surface area contributed by atoms with Crippen molar-refractivity contribution in [3.63, 3.8) is 0 Å². The van der Waals surface area contributed by atoms with Crippen LogP contribution in [0.25, 0.3) is 0 Å². The number of ether oxygens (including phenoxy) is 2. The Kier molecular flexibility index (Phi) is 4.42. The van der Waals surface area contributed by atoms with Crippen LogP contribution in [0.2, 0.25) is 0 Å². The standard InChI is InChI=1S/C13H17NO4/c1-13(2,3)18-11(15)8-9-6-5-7-10(14-9)12(16)17-4/h5-7H,8H2,1-4H3. The molecule has 5 nitrogen and oxygen atoms in total. The maximum absolute atomic E-state index is 11.6. The molecule has 0 fully saturated rings. The molecular weight excluding hydrogens is 234 g/mol. The molecule has 0 radical (unpaired) electrons. The van der Waals surface area contributed by atoms with Crippen molar-refractivity contribution in [2.75, 3.05) is 7.11 Å². The average Bonchev–Trinajstić information content (AvgIpc) is 2.25. The first-order valence-corrected chi connectivity index (χ1v) is 5.58. The predicted molar refractivity (Wildman–Crippen MR) is 65.1 cm³/mol. The van der Waals surface area contributed by atoms with Crippen molar-refractivity contribution in [3.8, 4) is 0 Å². The third kappa shape index (κ3) is 4.53. The van der Waals surface area contributed by atoms with Crippen LogP contribution in [0, 0.1) is 0 Å². The summed E-state index contributed by atoms with van der Waals surface area (Å²) in [5.74, 6) is -0.905. The number of methoxy groups -OCH3 is 1. The van der Waals surface area contributed by atoms with Gasteiger partial charge in [0, 0.05) is 0 Å². The summed E-state index contributed by atoms with van der Waals surface area (Å²) in [5.41, 5.74) is 0.127. The Morgan fingerprint density at radius 1 is 1.28 bits per heavy atom. The molecule has 5 heteroatoms. The van der Waals surface area contributed by atoms with Gasteiger partial charge in [-0.1, -0.05) is 6.07 Å². The van der Waals surface area contributed by atoms with Gasteiger partial charge in [-0.15, -0.1) is 0 Å². The van der Waals surface area contributed by atoms with Crippen LogP contribution in [0.1, 0.15) is 37.0 Å². The van der Waals surface area contributed by atoms with Gasteiger partial charge < -0.3 is 9.47 Å². The van der Waals surface area contributed by atoms with Gasteiger partial charge in [0.1, 0.15) is 11.3 Å². The number of hydrogen-bond donors (Lipinski definition) is 0. The summed E-state index contributed by atoms with van der Waals surface area (Å²) < 4.78 is 9.73. The topological polar surface area (TPSA) is 65.5 Å². The molecule has 0 atom stereocenters. The highest BCUT2D eigenvalue weighted by Crippen LogP contribution is 2.09. The number of pyridine rings is 1. The van der Waals surface area contributed by atoms with Crippen molar-refractivity contribution < 1.29 is 19.1 Å². The maximum atomic E-state index is 11.6. The highest BCUT2D eigenvalue weighted by atomic mass is 16.6. The summed E-state index contributed by atoms with van der Waals surface area (Å²) in [7, 11) is 1.28. The van der Waals surface area contributed by atoms with Gasteiger partial charge in [-0.25, -0.2) is 9.78 Å². The molecule has 18 heavy (non-hydrogen) atoms. The summed E-state index contributed by atoms with van der Waals surface area (Å²) in [5, 5.41) is 0. The Morgan fingerprint density at radius 3 is 2.50 bits per heavy atom. The van der Waals surface area contributed by atoms with Crippen LogP contribution in [0.4, 0.5) is 0 Å². The van der Waals surface area contributed by atoms with Crippen LogP contribution in [0.3, 0.4) is 0 Å². The quantitative estimate of drug-likeness (QED) is 0.766. The van der Waals surface area contributed by atoms with Gasteiger partial charge in [-0.3, -0.25) is 4.79 Å². The fourth-order valence-corrected chi connectivity index (χ4v) is 1.32. The molecule has 1 heterocycles. The fourth-order valence-electron chi connectivity index (χ4n) is 1.32. The molecule has 0 saturated carbocycles. The monoisotopic (exact) mass is 251 g/mol. The van der Waals surface area contributed by atoms with Gasteiger partial charge in [0.05, 0.1) is 19.2 Å². The van der Waals surface area contributed by atoms with Crippen molar-refractivity contribution in [2.24, 2.45) is 0 Å². The minimum Gasteiger partial charge on any atom is -0.464 e. The second-order valence-electron chi connectivity index (χ2n) is 4.77. The van der Waals surface area contributed by atoms with E-state index in [2.05, 4.69) is 9.72 Å².